The van der Waals surface area contributed by atoms with Crippen molar-refractivity contribution in [1.82, 2.24) is 40.0 Å². The summed E-state index contributed by atoms with van der Waals surface area (Å²) >= 11 is 0. The molecule has 1 saturated carbocycles. The first-order chi connectivity index (χ1) is 19.6. The molecular weight excluding hydrogens is 515 g/mol. The maximum atomic E-state index is 13.8. The Bertz CT molecular complexity index is 1230. The summed E-state index contributed by atoms with van der Waals surface area (Å²) < 4.78 is 13.8. The number of hydrogen-bond donors (Lipinski definition) is 3. The highest BCUT2D eigenvalue weighted by molar-refractivity contribution is 5.67. The molecule has 0 radical (unpaired) electrons. The van der Waals surface area contributed by atoms with E-state index in [4.69, 9.17) is 4.98 Å². The molecule has 3 aromatic rings. The first-order valence-corrected chi connectivity index (χ1v) is 13.3. The van der Waals surface area contributed by atoms with Gasteiger partial charge in [-0.15, -0.1) is 12.8 Å². The van der Waals surface area contributed by atoms with Crippen molar-refractivity contribution in [3.05, 3.63) is 30.4 Å². The van der Waals surface area contributed by atoms with E-state index >= 15 is 0 Å². The van der Waals surface area contributed by atoms with Gasteiger partial charge in [-0.25, -0.2) is 9.37 Å². The molecular formula is C26H35FN12O. The number of hydrogen-bond acceptors (Lipinski definition) is 11. The highest BCUT2D eigenvalue weighted by atomic mass is 19.1. The maximum absolute atomic E-state index is 13.8. The second-order valence-corrected chi connectivity index (χ2v) is 9.70. The minimum atomic E-state index is -0.828. The van der Waals surface area contributed by atoms with E-state index in [2.05, 4.69) is 70.5 Å². The molecule has 2 saturated heterocycles. The third-order valence-electron chi connectivity index (χ3n) is 6.65. The Kier molecular flexibility index (Phi) is 10.1. The van der Waals surface area contributed by atoms with Crippen LogP contribution >= 0.6 is 0 Å². The third kappa shape index (κ3) is 8.06. The van der Waals surface area contributed by atoms with E-state index in [1.165, 1.54) is 31.4 Å². The van der Waals surface area contributed by atoms with E-state index in [1.54, 1.807) is 0 Å². The smallest absolute Gasteiger partial charge is 0.235 e. The number of carbonyl (C=O) groups is 1. The van der Waals surface area contributed by atoms with Gasteiger partial charge in [0.25, 0.3) is 0 Å². The van der Waals surface area contributed by atoms with Gasteiger partial charge in [0.15, 0.2) is 11.6 Å². The van der Waals surface area contributed by atoms with Crippen LogP contribution in [0.3, 0.4) is 0 Å². The number of aromatic amines is 1. The summed E-state index contributed by atoms with van der Waals surface area (Å²) in [5.74, 6) is 3.41. The Morgan fingerprint density at radius 2 is 1.80 bits per heavy atom. The topological polar surface area (TPSA) is 144 Å². The highest BCUT2D eigenvalue weighted by Gasteiger charge is 2.27. The number of carbonyl (C=O) groups excluding carboxylic acids is 1. The fraction of sp³-hybridized carbons (Fsp3) is 0.500. The van der Waals surface area contributed by atoms with Gasteiger partial charge in [-0.3, -0.25) is 14.9 Å². The molecule has 1 aliphatic carbocycles. The largest absolute Gasteiger partial charge is 0.339 e. The van der Waals surface area contributed by atoms with Gasteiger partial charge in [0.2, 0.25) is 24.3 Å². The molecule has 212 valence electrons. The predicted octanol–water partition coefficient (Wildman–Crippen LogP) is 2.20. The molecule has 0 bridgehead atoms. The predicted molar refractivity (Wildman–Crippen MR) is 151 cm³/mol. The normalized spacial score (nSPS) is 18.9. The molecule has 3 aliphatic rings. The number of rotatable bonds is 7. The summed E-state index contributed by atoms with van der Waals surface area (Å²) in [6, 6.07) is 2.02. The molecule has 14 heteroatoms. The van der Waals surface area contributed by atoms with Crippen molar-refractivity contribution in [3.63, 3.8) is 0 Å². The monoisotopic (exact) mass is 550 g/mol. The lowest BCUT2D eigenvalue weighted by Gasteiger charge is -2.23. The van der Waals surface area contributed by atoms with Gasteiger partial charge >= 0.3 is 0 Å². The number of nitrogens with zero attached hydrogens (tertiary/aromatic N) is 9. The van der Waals surface area contributed by atoms with Gasteiger partial charge < -0.3 is 25.3 Å². The minimum Gasteiger partial charge on any atom is -0.339 e. The summed E-state index contributed by atoms with van der Waals surface area (Å²) in [6.07, 6.45) is 16.2. The number of likely N-dealkylation sites (N-methyl/N-ethyl adjacent to an activating group) is 1. The van der Waals surface area contributed by atoms with Crippen LogP contribution in [-0.2, 0) is 4.79 Å². The molecule has 3 N–H and O–H groups in total. The minimum absolute atomic E-state index is 0.333. The van der Waals surface area contributed by atoms with Crippen molar-refractivity contribution in [2.45, 2.75) is 37.8 Å². The van der Waals surface area contributed by atoms with Crippen molar-refractivity contribution < 1.29 is 9.18 Å². The summed E-state index contributed by atoms with van der Waals surface area (Å²) in [6.45, 7) is 4.74. The highest BCUT2D eigenvalue weighted by Crippen LogP contribution is 2.39. The van der Waals surface area contributed by atoms with Crippen LogP contribution in [0.4, 0.5) is 33.9 Å². The number of alkyl halides is 1. The van der Waals surface area contributed by atoms with Crippen LogP contribution in [-0.4, -0.2) is 98.9 Å². The molecule has 6 rings (SSSR count). The molecule has 13 nitrogen and oxygen atoms in total. The Morgan fingerprint density at radius 1 is 1.00 bits per heavy atom. The molecule has 0 unspecified atom stereocenters. The second-order valence-electron chi connectivity index (χ2n) is 9.70. The Hall–Kier alpha value is -4.38. The average Bonchev–Trinajstić information content (AvgIpc) is 3.64. The van der Waals surface area contributed by atoms with Crippen molar-refractivity contribution in [3.8, 4) is 12.8 Å². The molecule has 3 fully saturated rings. The lowest BCUT2D eigenvalue weighted by Crippen LogP contribution is -2.31. The van der Waals surface area contributed by atoms with Crippen molar-refractivity contribution in [2.75, 3.05) is 66.7 Å². The van der Waals surface area contributed by atoms with E-state index in [-0.39, 0.29) is 0 Å². The van der Waals surface area contributed by atoms with E-state index in [9.17, 15) is 9.18 Å². The molecule has 1 atom stereocenters. The van der Waals surface area contributed by atoms with Crippen LogP contribution < -0.4 is 20.4 Å². The van der Waals surface area contributed by atoms with Gasteiger partial charge in [0.05, 0.1) is 12.7 Å². The fourth-order valence-corrected chi connectivity index (χ4v) is 4.39. The van der Waals surface area contributed by atoms with Crippen LogP contribution in [0.1, 0.15) is 37.3 Å². The van der Waals surface area contributed by atoms with Crippen molar-refractivity contribution in [1.29, 1.82) is 0 Å². The van der Waals surface area contributed by atoms with Crippen molar-refractivity contribution in [2.24, 2.45) is 0 Å². The third-order valence-corrected chi connectivity index (χ3v) is 6.65. The van der Waals surface area contributed by atoms with Crippen LogP contribution in [0.5, 0.6) is 0 Å². The number of H-pyrrole nitrogens is 1. The first-order valence-electron chi connectivity index (χ1n) is 13.3. The van der Waals surface area contributed by atoms with Crippen LogP contribution in [0.15, 0.2) is 24.7 Å². The Labute approximate surface area is 233 Å². The molecule has 2 aliphatic heterocycles. The Balaban J connectivity index is 0.000000285. The molecule has 0 aromatic carbocycles. The molecule has 40 heavy (non-hydrogen) atoms. The standard InChI is InChI=1S/C19H28FN9.C5H5N3O.C2H2/c1-27-6-2-7-28(10-9-27)18-22-17(21-16-11-15(25-26-16)13-3-4-13)23-19(24-18)29-8-5-14(20)12-29;9-4-8-5-3-6-1-2-7-5;1-2/h11,13-14H,2-10,12H2,1H3,(H2,21,22,23,24,25,26);1-4H,(H,7,8,9);1-2H/t14-;;/m1../s1. The number of halogens is 1. The number of terminal acetylenes is 1. The van der Waals surface area contributed by atoms with Crippen molar-refractivity contribution >= 4 is 35.9 Å². The number of aromatic nitrogens is 7. The summed E-state index contributed by atoms with van der Waals surface area (Å²) in [4.78, 5) is 37.7. The Morgan fingerprint density at radius 3 is 2.48 bits per heavy atom. The molecule has 5 heterocycles. The summed E-state index contributed by atoms with van der Waals surface area (Å²) in [5, 5.41) is 13.0. The summed E-state index contributed by atoms with van der Waals surface area (Å²) in [7, 11) is 2.13. The zero-order valence-corrected chi connectivity index (χ0v) is 22.6. The van der Waals surface area contributed by atoms with Gasteiger partial charge in [-0.05, 0) is 39.3 Å². The lowest BCUT2D eigenvalue weighted by molar-refractivity contribution is -0.105. The first kappa shape index (κ1) is 28.6. The van der Waals surface area contributed by atoms with Crippen LogP contribution in [0.25, 0.3) is 0 Å². The molecule has 1 amide bonds. The van der Waals surface area contributed by atoms with Gasteiger partial charge in [-0.2, -0.15) is 20.1 Å². The second kappa shape index (κ2) is 14.1. The zero-order valence-electron chi connectivity index (χ0n) is 22.6. The van der Waals surface area contributed by atoms with Crippen LogP contribution in [0, 0.1) is 12.8 Å². The van der Waals surface area contributed by atoms with Gasteiger partial charge in [-0.1, -0.05) is 0 Å². The van der Waals surface area contributed by atoms with E-state index in [0.29, 0.717) is 61.3 Å². The van der Waals surface area contributed by atoms with Gasteiger partial charge in [0, 0.05) is 56.3 Å². The molecule has 3 aromatic heterocycles. The number of amides is 1. The quantitative estimate of drug-likeness (QED) is 0.294. The zero-order chi connectivity index (χ0) is 28.3. The number of nitrogens with one attached hydrogen (secondary N) is 3. The van der Waals surface area contributed by atoms with Gasteiger partial charge in [0.1, 0.15) is 6.17 Å². The number of anilines is 5. The lowest BCUT2D eigenvalue weighted by atomic mass is 10.3. The maximum Gasteiger partial charge on any atom is 0.235 e. The van der Waals surface area contributed by atoms with E-state index < -0.39 is 6.17 Å². The SMILES string of the molecule is C#C.CN1CCCN(c2nc(Nc3cc(C4CC4)[nH]n3)nc(N3CC[C@@H](F)C3)n2)CC1.O=CNc1cnccn1. The van der Waals surface area contributed by atoms with E-state index in [0.717, 1.165) is 38.3 Å². The van der Waals surface area contributed by atoms with E-state index in [1.807, 2.05) is 11.0 Å². The summed E-state index contributed by atoms with van der Waals surface area (Å²) in [5.41, 5.74) is 1.15. The fourth-order valence-electron chi connectivity index (χ4n) is 4.39. The average molecular weight is 551 g/mol. The van der Waals surface area contributed by atoms with Crippen LogP contribution in [0.2, 0.25) is 0 Å². The molecule has 0 spiro atoms.